The molecule has 0 radical (unpaired) electrons. The zero-order valence-corrected chi connectivity index (χ0v) is 11.0. The summed E-state index contributed by atoms with van der Waals surface area (Å²) in [5, 5.41) is 1.86. The summed E-state index contributed by atoms with van der Waals surface area (Å²) in [6.07, 6.45) is 3.60. The van der Waals surface area contributed by atoms with Crippen molar-refractivity contribution < 1.29 is 14.3 Å². The minimum atomic E-state index is -0.266. The van der Waals surface area contributed by atoms with E-state index in [1.54, 1.807) is 0 Å². The average Bonchev–Trinajstić information content (AvgIpc) is 2.87. The van der Waals surface area contributed by atoms with Gasteiger partial charge in [-0.3, -0.25) is 10.2 Å². The number of nitrogens with one attached hydrogen (secondary N) is 1. The number of carbonyl (C=O) groups is 1. The first-order valence-electron chi connectivity index (χ1n) is 6.08. The third-order valence-corrected chi connectivity index (χ3v) is 3.87. The Balaban J connectivity index is 1.79. The molecular formula is C12H18N2O3S. The van der Waals surface area contributed by atoms with Gasteiger partial charge in [0.1, 0.15) is 0 Å². The highest BCUT2D eigenvalue weighted by Gasteiger charge is 2.15. The molecule has 2 heterocycles. The summed E-state index contributed by atoms with van der Waals surface area (Å²) in [5.74, 6) is 4.86. The molecule has 0 aliphatic carbocycles. The molecule has 0 bridgehead atoms. The highest BCUT2D eigenvalue weighted by Crippen LogP contribution is 2.18. The molecule has 0 aromatic carbocycles. The van der Waals surface area contributed by atoms with Crippen LogP contribution in [0.4, 0.5) is 0 Å². The van der Waals surface area contributed by atoms with Crippen LogP contribution < -0.4 is 11.3 Å². The summed E-state index contributed by atoms with van der Waals surface area (Å²) >= 11 is 1.36. The molecule has 1 fully saturated rings. The van der Waals surface area contributed by atoms with Gasteiger partial charge in [0.05, 0.1) is 24.2 Å². The second-order valence-electron chi connectivity index (χ2n) is 4.25. The maximum Gasteiger partial charge on any atom is 0.275 e. The minimum absolute atomic E-state index is 0.198. The fourth-order valence-electron chi connectivity index (χ4n) is 1.95. The van der Waals surface area contributed by atoms with E-state index in [-0.39, 0.29) is 12.0 Å². The number of carbonyl (C=O) groups excluding carboxylic acids is 1. The van der Waals surface area contributed by atoms with E-state index in [0.717, 1.165) is 25.0 Å². The fourth-order valence-corrected chi connectivity index (χ4v) is 2.77. The van der Waals surface area contributed by atoms with Crippen molar-refractivity contribution in [3.63, 3.8) is 0 Å². The first-order chi connectivity index (χ1) is 8.81. The SMILES string of the molecule is NNC(=O)c1sccc1COCC1CCCCO1. The van der Waals surface area contributed by atoms with Gasteiger partial charge in [-0.1, -0.05) is 0 Å². The molecule has 0 spiro atoms. The Hall–Kier alpha value is -0.950. The number of ether oxygens (including phenoxy) is 2. The van der Waals surface area contributed by atoms with Crippen LogP contribution in [-0.2, 0) is 16.1 Å². The topological polar surface area (TPSA) is 73.6 Å². The predicted octanol–water partition coefficient (Wildman–Crippen LogP) is 1.44. The summed E-state index contributed by atoms with van der Waals surface area (Å²) in [7, 11) is 0. The third kappa shape index (κ3) is 3.52. The van der Waals surface area contributed by atoms with Gasteiger partial charge >= 0.3 is 0 Å². The molecule has 1 aromatic rings. The summed E-state index contributed by atoms with van der Waals surface area (Å²) < 4.78 is 11.2. The predicted molar refractivity (Wildman–Crippen MR) is 69.2 cm³/mol. The van der Waals surface area contributed by atoms with Crippen LogP contribution in [0.3, 0.4) is 0 Å². The van der Waals surface area contributed by atoms with Gasteiger partial charge in [0.15, 0.2) is 0 Å². The van der Waals surface area contributed by atoms with E-state index in [1.807, 2.05) is 11.4 Å². The second-order valence-corrected chi connectivity index (χ2v) is 5.17. The second kappa shape index (κ2) is 6.84. The quantitative estimate of drug-likeness (QED) is 0.482. The van der Waals surface area contributed by atoms with Crippen molar-refractivity contribution in [1.82, 2.24) is 5.43 Å². The van der Waals surface area contributed by atoms with Crippen molar-refractivity contribution in [3.8, 4) is 0 Å². The van der Waals surface area contributed by atoms with Crippen LogP contribution in [0.25, 0.3) is 0 Å². The molecule has 1 aliphatic heterocycles. The Morgan fingerprint density at radius 1 is 1.61 bits per heavy atom. The Morgan fingerprint density at radius 2 is 2.50 bits per heavy atom. The van der Waals surface area contributed by atoms with Crippen molar-refractivity contribution in [2.75, 3.05) is 13.2 Å². The highest BCUT2D eigenvalue weighted by molar-refractivity contribution is 7.12. The summed E-state index contributed by atoms with van der Waals surface area (Å²) in [5.41, 5.74) is 3.01. The smallest absolute Gasteiger partial charge is 0.275 e. The van der Waals surface area contributed by atoms with Crippen LogP contribution in [0.5, 0.6) is 0 Å². The van der Waals surface area contributed by atoms with Crippen LogP contribution in [0.15, 0.2) is 11.4 Å². The highest BCUT2D eigenvalue weighted by atomic mass is 32.1. The monoisotopic (exact) mass is 270 g/mol. The van der Waals surface area contributed by atoms with Gasteiger partial charge in [0.25, 0.3) is 5.91 Å². The maximum atomic E-state index is 11.5. The molecule has 1 saturated heterocycles. The molecule has 2 rings (SSSR count). The summed E-state index contributed by atoms with van der Waals surface area (Å²) in [6, 6.07) is 1.89. The number of nitrogens with two attached hydrogens (primary N) is 1. The largest absolute Gasteiger partial charge is 0.376 e. The van der Waals surface area contributed by atoms with E-state index in [1.165, 1.54) is 17.8 Å². The number of rotatable bonds is 5. The lowest BCUT2D eigenvalue weighted by molar-refractivity contribution is -0.0447. The van der Waals surface area contributed by atoms with E-state index < -0.39 is 0 Å². The van der Waals surface area contributed by atoms with Gasteiger partial charge in [-0.05, 0) is 30.7 Å². The Kier molecular flexibility index (Phi) is 5.12. The van der Waals surface area contributed by atoms with Crippen LogP contribution in [0, 0.1) is 0 Å². The van der Waals surface area contributed by atoms with E-state index in [0.29, 0.717) is 18.1 Å². The molecule has 1 amide bonds. The molecule has 100 valence electrons. The molecule has 1 unspecified atom stereocenters. The van der Waals surface area contributed by atoms with Crippen molar-refractivity contribution in [1.29, 1.82) is 0 Å². The molecule has 1 aliphatic rings. The summed E-state index contributed by atoms with van der Waals surface area (Å²) in [6.45, 7) is 1.83. The van der Waals surface area contributed by atoms with E-state index in [4.69, 9.17) is 15.3 Å². The Bertz CT molecular complexity index is 388. The van der Waals surface area contributed by atoms with Gasteiger partial charge in [-0.25, -0.2) is 5.84 Å². The van der Waals surface area contributed by atoms with Crippen molar-refractivity contribution in [2.45, 2.75) is 32.0 Å². The zero-order chi connectivity index (χ0) is 12.8. The summed E-state index contributed by atoms with van der Waals surface area (Å²) in [4.78, 5) is 12.1. The number of amides is 1. The van der Waals surface area contributed by atoms with Crippen LogP contribution in [0.1, 0.15) is 34.5 Å². The molecule has 3 N–H and O–H groups in total. The van der Waals surface area contributed by atoms with Gasteiger partial charge in [-0.15, -0.1) is 11.3 Å². The number of nitrogen functional groups attached to an aromatic ring is 1. The van der Waals surface area contributed by atoms with Crippen molar-refractivity contribution in [2.24, 2.45) is 5.84 Å². The number of hydrogen-bond donors (Lipinski definition) is 2. The molecule has 1 aromatic heterocycles. The van der Waals surface area contributed by atoms with E-state index in [2.05, 4.69) is 5.43 Å². The molecule has 1 atom stereocenters. The van der Waals surface area contributed by atoms with Crippen LogP contribution >= 0.6 is 11.3 Å². The first-order valence-corrected chi connectivity index (χ1v) is 6.96. The van der Waals surface area contributed by atoms with Crippen molar-refractivity contribution >= 4 is 17.2 Å². The molecule has 5 nitrogen and oxygen atoms in total. The zero-order valence-electron chi connectivity index (χ0n) is 10.2. The van der Waals surface area contributed by atoms with E-state index >= 15 is 0 Å². The number of hydrogen-bond acceptors (Lipinski definition) is 5. The van der Waals surface area contributed by atoms with Gasteiger partial charge in [0, 0.05) is 12.2 Å². The lowest BCUT2D eigenvalue weighted by Gasteiger charge is -2.22. The molecule has 0 saturated carbocycles. The number of hydrazine groups is 1. The standard InChI is InChI=1S/C12H18N2O3S/c13-14-12(15)11-9(4-6-18-11)7-16-8-10-3-1-2-5-17-10/h4,6,10H,1-3,5,7-8,13H2,(H,14,15). The molecule has 18 heavy (non-hydrogen) atoms. The van der Waals surface area contributed by atoms with Gasteiger partial charge < -0.3 is 9.47 Å². The Morgan fingerprint density at radius 3 is 3.22 bits per heavy atom. The Labute approximate surface area is 110 Å². The van der Waals surface area contributed by atoms with Gasteiger partial charge in [0.2, 0.25) is 0 Å². The third-order valence-electron chi connectivity index (χ3n) is 2.92. The number of thiophene rings is 1. The normalized spacial score (nSPS) is 19.7. The molecule has 6 heteroatoms. The first kappa shape index (κ1) is 13.5. The van der Waals surface area contributed by atoms with E-state index in [9.17, 15) is 4.79 Å². The lowest BCUT2D eigenvalue weighted by Crippen LogP contribution is -2.30. The minimum Gasteiger partial charge on any atom is -0.376 e. The van der Waals surface area contributed by atoms with Crippen molar-refractivity contribution in [3.05, 3.63) is 21.9 Å². The van der Waals surface area contributed by atoms with Gasteiger partial charge in [-0.2, -0.15) is 0 Å². The van der Waals surface area contributed by atoms with Crippen LogP contribution in [0.2, 0.25) is 0 Å². The molecular weight excluding hydrogens is 252 g/mol. The van der Waals surface area contributed by atoms with Crippen LogP contribution in [-0.4, -0.2) is 25.2 Å². The average molecular weight is 270 g/mol. The lowest BCUT2D eigenvalue weighted by atomic mass is 10.1. The maximum absolute atomic E-state index is 11.5. The fraction of sp³-hybridized carbons (Fsp3) is 0.583.